The van der Waals surface area contributed by atoms with Crippen molar-refractivity contribution < 1.29 is 22.4 Å². The van der Waals surface area contributed by atoms with Gasteiger partial charge in [0.25, 0.3) is 5.91 Å². The number of benzene rings is 1. The van der Waals surface area contributed by atoms with Crippen LogP contribution in [0.2, 0.25) is 0 Å². The predicted octanol–water partition coefficient (Wildman–Crippen LogP) is 4.51. The summed E-state index contributed by atoms with van der Waals surface area (Å²) in [5.41, 5.74) is -1.35. The van der Waals surface area contributed by atoms with Crippen LogP contribution in [0.15, 0.2) is 36.5 Å². The SMILES string of the molecule is O=C(NCC1CCC1)c1cnc(Nc2cccc(F)c2)cc1C(F)(F)F. The number of aromatic nitrogens is 1. The number of carbonyl (C=O) groups excluding carboxylic acids is 1. The maximum absolute atomic E-state index is 13.4. The molecule has 1 fully saturated rings. The molecule has 1 aliphatic rings. The zero-order valence-electron chi connectivity index (χ0n) is 13.7. The molecule has 4 nitrogen and oxygen atoms in total. The first-order chi connectivity index (χ1) is 12.3. The van der Waals surface area contributed by atoms with Crippen LogP contribution in [0.5, 0.6) is 0 Å². The molecule has 1 amide bonds. The average Bonchev–Trinajstić information content (AvgIpc) is 2.52. The van der Waals surface area contributed by atoms with Gasteiger partial charge in [-0.25, -0.2) is 9.37 Å². The number of anilines is 2. The number of carbonyl (C=O) groups is 1. The number of amides is 1. The number of rotatable bonds is 5. The van der Waals surface area contributed by atoms with Crippen molar-refractivity contribution in [1.82, 2.24) is 10.3 Å². The Hall–Kier alpha value is -2.64. The van der Waals surface area contributed by atoms with Gasteiger partial charge in [-0.2, -0.15) is 13.2 Å². The average molecular weight is 367 g/mol. The van der Waals surface area contributed by atoms with E-state index in [0.717, 1.165) is 37.6 Å². The van der Waals surface area contributed by atoms with Gasteiger partial charge in [0.1, 0.15) is 11.6 Å². The van der Waals surface area contributed by atoms with Crippen LogP contribution in [0.3, 0.4) is 0 Å². The number of alkyl halides is 3. The Bertz CT molecular complexity index is 803. The van der Waals surface area contributed by atoms with Crippen LogP contribution < -0.4 is 10.6 Å². The minimum absolute atomic E-state index is 0.126. The summed E-state index contributed by atoms with van der Waals surface area (Å²) in [6.07, 6.45) is -0.802. The molecule has 0 spiro atoms. The first-order valence-corrected chi connectivity index (χ1v) is 8.21. The fourth-order valence-corrected chi connectivity index (χ4v) is 2.68. The Morgan fingerprint density at radius 3 is 2.62 bits per heavy atom. The van der Waals surface area contributed by atoms with E-state index in [1.807, 2.05) is 0 Å². The molecular formula is C18H17F4N3O. The van der Waals surface area contributed by atoms with Gasteiger partial charge in [0, 0.05) is 18.4 Å². The number of hydrogen-bond acceptors (Lipinski definition) is 3. The third-order valence-corrected chi connectivity index (χ3v) is 4.33. The molecule has 26 heavy (non-hydrogen) atoms. The Kier molecular flexibility index (Phi) is 5.11. The number of halogens is 4. The van der Waals surface area contributed by atoms with Crippen molar-refractivity contribution in [2.75, 3.05) is 11.9 Å². The molecular weight excluding hydrogens is 350 g/mol. The van der Waals surface area contributed by atoms with Gasteiger partial charge in [0.2, 0.25) is 0 Å². The van der Waals surface area contributed by atoms with E-state index in [0.29, 0.717) is 12.5 Å². The monoisotopic (exact) mass is 367 g/mol. The highest BCUT2D eigenvalue weighted by Crippen LogP contribution is 2.34. The van der Waals surface area contributed by atoms with Crippen molar-refractivity contribution in [3.05, 3.63) is 53.5 Å². The lowest BCUT2D eigenvalue weighted by Crippen LogP contribution is -2.33. The lowest BCUT2D eigenvalue weighted by atomic mass is 9.85. The summed E-state index contributed by atoms with van der Waals surface area (Å²) >= 11 is 0. The molecule has 8 heteroatoms. The van der Waals surface area contributed by atoms with E-state index in [1.54, 1.807) is 0 Å². The van der Waals surface area contributed by atoms with Crippen LogP contribution in [0.1, 0.15) is 35.2 Å². The summed E-state index contributed by atoms with van der Waals surface area (Å²) in [4.78, 5) is 16.0. The van der Waals surface area contributed by atoms with Gasteiger partial charge in [0.05, 0.1) is 11.1 Å². The summed E-state index contributed by atoms with van der Waals surface area (Å²) in [5, 5.41) is 5.15. The molecule has 2 aromatic rings. The summed E-state index contributed by atoms with van der Waals surface area (Å²) in [5.74, 6) is -1.12. The second kappa shape index (κ2) is 7.31. The van der Waals surface area contributed by atoms with Crippen molar-refractivity contribution >= 4 is 17.4 Å². The van der Waals surface area contributed by atoms with Gasteiger partial charge >= 0.3 is 6.18 Å². The Morgan fingerprint density at radius 2 is 2.00 bits per heavy atom. The molecule has 0 unspecified atom stereocenters. The van der Waals surface area contributed by atoms with E-state index in [-0.39, 0.29) is 11.5 Å². The summed E-state index contributed by atoms with van der Waals surface area (Å²) in [6.45, 7) is 0.361. The van der Waals surface area contributed by atoms with E-state index in [4.69, 9.17) is 0 Å². The smallest absolute Gasteiger partial charge is 0.352 e. The maximum Gasteiger partial charge on any atom is 0.417 e. The number of pyridine rings is 1. The first kappa shape index (κ1) is 18.2. The molecule has 0 aliphatic heterocycles. The van der Waals surface area contributed by atoms with Crippen molar-refractivity contribution in [2.45, 2.75) is 25.4 Å². The Labute approximate surface area is 147 Å². The van der Waals surface area contributed by atoms with E-state index >= 15 is 0 Å². The zero-order valence-corrected chi connectivity index (χ0v) is 13.7. The van der Waals surface area contributed by atoms with Gasteiger partial charge in [-0.3, -0.25) is 4.79 Å². The molecule has 3 rings (SSSR count). The number of hydrogen-bond donors (Lipinski definition) is 2. The standard InChI is InChI=1S/C18H17F4N3O/c19-12-5-2-6-13(7-12)25-16-8-15(18(20,21)22)14(10-23-16)17(26)24-9-11-3-1-4-11/h2,5-8,10-11H,1,3-4,9H2,(H,23,25)(H,24,26). The molecule has 1 aromatic heterocycles. The van der Waals surface area contributed by atoms with E-state index in [2.05, 4.69) is 15.6 Å². The molecule has 138 valence electrons. The molecule has 0 bridgehead atoms. The van der Waals surface area contributed by atoms with E-state index in [1.165, 1.54) is 18.2 Å². The van der Waals surface area contributed by atoms with E-state index < -0.39 is 29.0 Å². The predicted molar refractivity (Wildman–Crippen MR) is 88.6 cm³/mol. The molecule has 2 N–H and O–H groups in total. The highest BCUT2D eigenvalue weighted by molar-refractivity contribution is 5.96. The zero-order chi connectivity index (χ0) is 18.7. The van der Waals surface area contributed by atoms with Gasteiger partial charge in [-0.05, 0) is 43.0 Å². The van der Waals surface area contributed by atoms with Gasteiger partial charge in [-0.15, -0.1) is 0 Å². The fourth-order valence-electron chi connectivity index (χ4n) is 2.68. The molecule has 1 aliphatic carbocycles. The minimum atomic E-state index is -4.72. The Morgan fingerprint density at radius 1 is 1.23 bits per heavy atom. The van der Waals surface area contributed by atoms with Crippen LogP contribution in [0.25, 0.3) is 0 Å². The van der Waals surface area contributed by atoms with Crippen LogP contribution in [0, 0.1) is 11.7 Å². The van der Waals surface area contributed by atoms with Crippen LogP contribution in [0.4, 0.5) is 29.1 Å². The third-order valence-electron chi connectivity index (χ3n) is 4.33. The minimum Gasteiger partial charge on any atom is -0.352 e. The third kappa shape index (κ3) is 4.30. The van der Waals surface area contributed by atoms with Crippen molar-refractivity contribution in [3.63, 3.8) is 0 Å². The number of nitrogens with zero attached hydrogens (tertiary/aromatic N) is 1. The second-order valence-electron chi connectivity index (χ2n) is 6.26. The highest BCUT2D eigenvalue weighted by Gasteiger charge is 2.36. The topological polar surface area (TPSA) is 54.0 Å². The molecule has 1 heterocycles. The normalized spacial score (nSPS) is 14.6. The lowest BCUT2D eigenvalue weighted by molar-refractivity contribution is -0.137. The fraction of sp³-hybridized carbons (Fsp3) is 0.333. The first-order valence-electron chi connectivity index (χ1n) is 8.21. The molecule has 0 atom stereocenters. The van der Waals surface area contributed by atoms with Crippen LogP contribution in [-0.4, -0.2) is 17.4 Å². The van der Waals surface area contributed by atoms with Gasteiger partial charge < -0.3 is 10.6 Å². The number of nitrogens with one attached hydrogen (secondary N) is 2. The summed E-state index contributed by atoms with van der Waals surface area (Å²) in [7, 11) is 0. The van der Waals surface area contributed by atoms with Crippen LogP contribution in [-0.2, 0) is 6.18 Å². The van der Waals surface area contributed by atoms with Crippen molar-refractivity contribution in [3.8, 4) is 0 Å². The van der Waals surface area contributed by atoms with Crippen molar-refractivity contribution in [2.24, 2.45) is 5.92 Å². The van der Waals surface area contributed by atoms with Crippen LogP contribution >= 0.6 is 0 Å². The quantitative estimate of drug-likeness (QED) is 0.765. The summed E-state index contributed by atoms with van der Waals surface area (Å²) in [6, 6.07) is 6.02. The molecule has 0 saturated heterocycles. The largest absolute Gasteiger partial charge is 0.417 e. The van der Waals surface area contributed by atoms with Gasteiger partial charge in [-0.1, -0.05) is 12.5 Å². The highest BCUT2D eigenvalue weighted by atomic mass is 19.4. The second-order valence-corrected chi connectivity index (χ2v) is 6.26. The molecule has 1 saturated carbocycles. The van der Waals surface area contributed by atoms with Crippen molar-refractivity contribution in [1.29, 1.82) is 0 Å². The summed E-state index contributed by atoms with van der Waals surface area (Å²) < 4.78 is 53.3. The molecule has 0 radical (unpaired) electrons. The van der Waals surface area contributed by atoms with Gasteiger partial charge in [0.15, 0.2) is 0 Å². The lowest BCUT2D eigenvalue weighted by Gasteiger charge is -2.25. The maximum atomic E-state index is 13.4. The van der Waals surface area contributed by atoms with E-state index in [9.17, 15) is 22.4 Å². The molecule has 1 aromatic carbocycles. The Balaban J connectivity index is 1.82.